The van der Waals surface area contributed by atoms with E-state index < -0.39 is 11.7 Å². The number of benzene rings is 2. The molecule has 0 atom stereocenters. The molecule has 0 saturated carbocycles. The molecule has 1 aliphatic heterocycles. The number of nitrogens with zero attached hydrogens (tertiary/aromatic N) is 3. The second-order valence-corrected chi connectivity index (χ2v) is 7.90. The summed E-state index contributed by atoms with van der Waals surface area (Å²) in [5.74, 6) is 0.0159. The third kappa shape index (κ3) is 3.55. The quantitative estimate of drug-likeness (QED) is 0.427. The van der Waals surface area contributed by atoms with Crippen LogP contribution in [0.1, 0.15) is 21.8 Å². The monoisotopic (exact) mass is 439 g/mol. The van der Waals surface area contributed by atoms with Gasteiger partial charge in [-0.1, -0.05) is 18.2 Å². The topological polar surface area (TPSA) is 49.6 Å². The number of anilines is 1. The molecule has 4 aromatic rings. The fourth-order valence-electron chi connectivity index (χ4n) is 4.17. The average Bonchev–Trinajstić information content (AvgIpc) is 3.25. The first-order chi connectivity index (χ1) is 15.3. The number of fused-ring (bicyclic) bond motifs is 3. The van der Waals surface area contributed by atoms with Crippen molar-refractivity contribution in [2.75, 3.05) is 31.1 Å². The molecule has 2 aromatic heterocycles. The number of para-hydroxylation sites is 1. The second-order valence-electron chi connectivity index (χ2n) is 7.90. The number of aromatic nitrogens is 1. The molecule has 164 valence electrons. The van der Waals surface area contributed by atoms with Gasteiger partial charge in [0.15, 0.2) is 5.76 Å². The van der Waals surface area contributed by atoms with E-state index >= 15 is 0 Å². The first-order valence-corrected chi connectivity index (χ1v) is 10.3. The summed E-state index contributed by atoms with van der Waals surface area (Å²) < 4.78 is 45.0. The zero-order chi connectivity index (χ0) is 22.5. The number of alkyl halides is 3. The number of carbonyl (C=O) groups excluding carboxylic acids is 1. The molecule has 0 radical (unpaired) electrons. The molecular formula is C24H20F3N3O2. The van der Waals surface area contributed by atoms with Crippen LogP contribution in [0.4, 0.5) is 18.9 Å². The fraction of sp³-hybridized carbons (Fsp3) is 0.250. The Labute approximate surface area is 182 Å². The predicted octanol–water partition coefficient (Wildman–Crippen LogP) is 5.27. The lowest BCUT2D eigenvalue weighted by Gasteiger charge is -2.36. The van der Waals surface area contributed by atoms with E-state index in [1.165, 1.54) is 6.07 Å². The third-order valence-electron chi connectivity index (χ3n) is 5.87. The molecule has 1 aliphatic rings. The van der Waals surface area contributed by atoms with E-state index in [4.69, 9.17) is 4.42 Å². The van der Waals surface area contributed by atoms with Crippen molar-refractivity contribution in [3.63, 3.8) is 0 Å². The summed E-state index contributed by atoms with van der Waals surface area (Å²) in [5.41, 5.74) is 2.06. The molecule has 0 aliphatic carbocycles. The maximum Gasteiger partial charge on any atom is 0.416 e. The van der Waals surface area contributed by atoms with Crippen molar-refractivity contribution < 1.29 is 22.4 Å². The second kappa shape index (κ2) is 7.55. The first-order valence-electron chi connectivity index (χ1n) is 10.3. The van der Waals surface area contributed by atoms with Crippen LogP contribution in [-0.4, -0.2) is 42.0 Å². The molecule has 0 spiro atoms. The summed E-state index contributed by atoms with van der Waals surface area (Å²) >= 11 is 0. The van der Waals surface area contributed by atoms with Crippen LogP contribution in [-0.2, 0) is 6.18 Å². The molecule has 5 rings (SSSR count). The number of piperazine rings is 1. The highest BCUT2D eigenvalue weighted by Crippen LogP contribution is 2.32. The van der Waals surface area contributed by atoms with Crippen molar-refractivity contribution in [2.45, 2.75) is 13.1 Å². The lowest BCUT2D eigenvalue weighted by atomic mass is 10.1. The number of carbonyl (C=O) groups is 1. The zero-order valence-electron chi connectivity index (χ0n) is 17.3. The maximum atomic E-state index is 13.1. The highest BCUT2D eigenvalue weighted by molar-refractivity contribution is 6.06. The molecule has 8 heteroatoms. The van der Waals surface area contributed by atoms with E-state index in [1.807, 2.05) is 36.1 Å². The van der Waals surface area contributed by atoms with E-state index in [9.17, 15) is 18.0 Å². The van der Waals surface area contributed by atoms with Crippen LogP contribution in [0, 0.1) is 6.92 Å². The Balaban J connectivity index is 1.35. The van der Waals surface area contributed by atoms with Crippen LogP contribution in [0.2, 0.25) is 0 Å². The van der Waals surface area contributed by atoms with Gasteiger partial charge in [-0.3, -0.25) is 9.78 Å². The first kappa shape index (κ1) is 20.4. The molecule has 32 heavy (non-hydrogen) atoms. The van der Waals surface area contributed by atoms with Gasteiger partial charge in [-0.15, -0.1) is 0 Å². The van der Waals surface area contributed by atoms with Crippen molar-refractivity contribution in [3.05, 3.63) is 71.6 Å². The lowest BCUT2D eigenvalue weighted by Crippen LogP contribution is -2.48. The van der Waals surface area contributed by atoms with Gasteiger partial charge in [0, 0.05) is 48.3 Å². The lowest BCUT2D eigenvalue weighted by molar-refractivity contribution is -0.137. The van der Waals surface area contributed by atoms with Crippen molar-refractivity contribution in [2.24, 2.45) is 0 Å². The van der Waals surface area contributed by atoms with Gasteiger partial charge >= 0.3 is 6.18 Å². The van der Waals surface area contributed by atoms with Crippen molar-refractivity contribution in [1.29, 1.82) is 0 Å². The standard InChI is InChI=1S/C24H20F3N3O2/c1-15-19-14-21(32-22(19)18-7-2-3-8-20(18)28-15)23(31)30-11-9-29(10-12-30)17-6-4-5-16(13-17)24(25,26)27/h2-8,13-14H,9-12H2,1H3. The minimum Gasteiger partial charge on any atom is -0.450 e. The van der Waals surface area contributed by atoms with Gasteiger partial charge in [0.2, 0.25) is 0 Å². The molecule has 1 saturated heterocycles. The summed E-state index contributed by atoms with van der Waals surface area (Å²) in [7, 11) is 0. The van der Waals surface area contributed by atoms with E-state index in [0.29, 0.717) is 37.4 Å². The van der Waals surface area contributed by atoms with E-state index in [-0.39, 0.29) is 11.7 Å². The third-order valence-corrected chi connectivity index (χ3v) is 5.87. The smallest absolute Gasteiger partial charge is 0.416 e. The summed E-state index contributed by atoms with van der Waals surface area (Å²) in [4.78, 5) is 21.2. The molecule has 1 fully saturated rings. The van der Waals surface area contributed by atoms with Gasteiger partial charge < -0.3 is 14.2 Å². The Hall–Kier alpha value is -3.55. The van der Waals surface area contributed by atoms with Gasteiger partial charge in [0.05, 0.1) is 11.1 Å². The number of amides is 1. The van der Waals surface area contributed by atoms with Crippen LogP contribution < -0.4 is 4.90 Å². The molecule has 0 N–H and O–H groups in total. The molecule has 1 amide bonds. The normalized spacial score (nSPS) is 15.0. The molecule has 0 unspecified atom stereocenters. The minimum atomic E-state index is -4.38. The molecular weight excluding hydrogens is 419 g/mol. The summed E-state index contributed by atoms with van der Waals surface area (Å²) in [5, 5.41) is 1.65. The van der Waals surface area contributed by atoms with Gasteiger partial charge in [-0.05, 0) is 43.3 Å². The summed E-state index contributed by atoms with van der Waals surface area (Å²) in [6.45, 7) is 3.55. The van der Waals surface area contributed by atoms with E-state index in [1.54, 1.807) is 17.0 Å². The number of hydrogen-bond donors (Lipinski definition) is 0. The Morgan fingerprint density at radius 2 is 1.72 bits per heavy atom. The predicted molar refractivity (Wildman–Crippen MR) is 116 cm³/mol. The van der Waals surface area contributed by atoms with E-state index in [0.717, 1.165) is 34.1 Å². The maximum absolute atomic E-state index is 13.1. The largest absolute Gasteiger partial charge is 0.450 e. The van der Waals surface area contributed by atoms with Crippen molar-refractivity contribution in [1.82, 2.24) is 9.88 Å². The molecule has 5 nitrogen and oxygen atoms in total. The number of hydrogen-bond acceptors (Lipinski definition) is 4. The van der Waals surface area contributed by atoms with Gasteiger partial charge in [-0.2, -0.15) is 13.2 Å². The van der Waals surface area contributed by atoms with Gasteiger partial charge in [-0.25, -0.2) is 0 Å². The van der Waals surface area contributed by atoms with E-state index in [2.05, 4.69) is 4.98 Å². The van der Waals surface area contributed by atoms with Crippen LogP contribution >= 0.6 is 0 Å². The van der Waals surface area contributed by atoms with Crippen LogP contribution in [0.5, 0.6) is 0 Å². The minimum absolute atomic E-state index is 0.228. The highest BCUT2D eigenvalue weighted by Gasteiger charge is 2.31. The van der Waals surface area contributed by atoms with Gasteiger partial charge in [0.25, 0.3) is 5.91 Å². The van der Waals surface area contributed by atoms with Crippen LogP contribution in [0.25, 0.3) is 21.9 Å². The van der Waals surface area contributed by atoms with Crippen LogP contribution in [0.3, 0.4) is 0 Å². The number of furan rings is 1. The number of halogens is 3. The zero-order valence-corrected chi connectivity index (χ0v) is 17.3. The van der Waals surface area contributed by atoms with Gasteiger partial charge in [0.1, 0.15) is 5.58 Å². The van der Waals surface area contributed by atoms with Crippen molar-refractivity contribution >= 4 is 33.5 Å². The molecule has 2 aromatic carbocycles. The average molecular weight is 439 g/mol. The Bertz CT molecular complexity index is 1320. The Kier molecular flexibility index (Phi) is 4.80. The number of pyridine rings is 1. The highest BCUT2D eigenvalue weighted by atomic mass is 19.4. The number of rotatable bonds is 2. The van der Waals surface area contributed by atoms with Crippen LogP contribution in [0.15, 0.2) is 59.0 Å². The Morgan fingerprint density at radius 1 is 0.969 bits per heavy atom. The molecule has 0 bridgehead atoms. The van der Waals surface area contributed by atoms with Crippen molar-refractivity contribution in [3.8, 4) is 0 Å². The SMILES string of the molecule is Cc1nc2ccccc2c2oc(C(=O)N3CCN(c4cccc(C(F)(F)F)c4)CC3)cc12. The fourth-order valence-corrected chi connectivity index (χ4v) is 4.17. The Morgan fingerprint density at radius 3 is 2.47 bits per heavy atom. The summed E-state index contributed by atoms with van der Waals surface area (Å²) in [6.07, 6.45) is -4.38. The number of aryl methyl sites for hydroxylation is 1. The summed E-state index contributed by atoms with van der Waals surface area (Å²) in [6, 6.07) is 14.6. The molecule has 3 heterocycles.